The van der Waals surface area contributed by atoms with E-state index >= 15 is 0 Å². The van der Waals surface area contributed by atoms with Gasteiger partial charge in [-0.25, -0.2) is 9.59 Å². The molecule has 0 atom stereocenters. The number of ether oxygens (including phenoxy) is 2. The molecule has 6 heteroatoms. The van der Waals surface area contributed by atoms with Gasteiger partial charge in [0.25, 0.3) is 0 Å². The second-order valence-corrected chi connectivity index (χ2v) is 5.83. The molecule has 0 saturated heterocycles. The molecule has 2 aromatic carbocycles. The fourth-order valence-corrected chi connectivity index (χ4v) is 2.57. The maximum atomic E-state index is 12.6. The largest absolute Gasteiger partial charge is 0.460 e. The lowest BCUT2D eigenvalue weighted by Gasteiger charge is -2.10. The molecular weight excluding hydrogens is 360 g/mol. The van der Waals surface area contributed by atoms with Gasteiger partial charge < -0.3 is 13.9 Å². The highest BCUT2D eigenvalue weighted by Crippen LogP contribution is 2.21. The van der Waals surface area contributed by atoms with Crippen molar-refractivity contribution in [3.05, 3.63) is 93.8 Å². The molecule has 0 saturated carbocycles. The van der Waals surface area contributed by atoms with Crippen molar-refractivity contribution < 1.29 is 23.5 Å². The van der Waals surface area contributed by atoms with E-state index in [0.717, 1.165) is 11.6 Å². The van der Waals surface area contributed by atoms with Crippen molar-refractivity contribution >= 4 is 11.9 Å². The topological polar surface area (TPSA) is 82.8 Å². The average Bonchev–Trinajstić information content (AvgIpc) is 2.73. The van der Waals surface area contributed by atoms with Crippen LogP contribution in [-0.4, -0.2) is 18.5 Å². The summed E-state index contributed by atoms with van der Waals surface area (Å²) in [5, 5.41) is 0. The van der Waals surface area contributed by atoms with Crippen molar-refractivity contribution in [2.75, 3.05) is 6.61 Å². The molecule has 0 radical (unpaired) electrons. The Morgan fingerprint density at radius 1 is 0.893 bits per heavy atom. The Balaban J connectivity index is 1.98. The lowest BCUT2D eigenvalue weighted by Crippen LogP contribution is -2.23. The molecule has 1 heterocycles. The van der Waals surface area contributed by atoms with Crippen LogP contribution in [-0.2, 0) is 16.1 Å². The van der Waals surface area contributed by atoms with Crippen LogP contribution in [0, 0.1) is 0 Å². The minimum atomic E-state index is -0.944. The zero-order valence-electron chi connectivity index (χ0n) is 15.2. The third-order valence-corrected chi connectivity index (χ3v) is 3.88. The Morgan fingerprint density at radius 2 is 1.54 bits per heavy atom. The van der Waals surface area contributed by atoms with Gasteiger partial charge in [0.05, 0.1) is 6.61 Å². The van der Waals surface area contributed by atoms with Gasteiger partial charge in [0.2, 0.25) is 11.2 Å². The summed E-state index contributed by atoms with van der Waals surface area (Å²) in [6.45, 7) is 1.64. The first-order valence-corrected chi connectivity index (χ1v) is 8.72. The van der Waals surface area contributed by atoms with E-state index in [2.05, 4.69) is 0 Å². The van der Waals surface area contributed by atoms with Gasteiger partial charge in [-0.3, -0.25) is 4.79 Å². The lowest BCUT2D eigenvalue weighted by molar-refractivity contribution is 0.0419. The highest BCUT2D eigenvalue weighted by atomic mass is 16.5. The molecule has 0 fully saturated rings. The van der Waals surface area contributed by atoms with Crippen LogP contribution in [0.1, 0.15) is 33.4 Å². The Morgan fingerprint density at radius 3 is 2.18 bits per heavy atom. The summed E-state index contributed by atoms with van der Waals surface area (Å²) in [6.07, 6.45) is 0. The van der Waals surface area contributed by atoms with Gasteiger partial charge in [-0.15, -0.1) is 0 Å². The third-order valence-electron chi connectivity index (χ3n) is 3.88. The number of hydrogen-bond donors (Lipinski definition) is 0. The molecule has 0 aliphatic heterocycles. The number of benzene rings is 2. The molecule has 0 bridgehead atoms. The second kappa shape index (κ2) is 8.81. The molecule has 0 N–H and O–H groups in total. The minimum Gasteiger partial charge on any atom is -0.460 e. The van der Waals surface area contributed by atoms with Crippen LogP contribution in [0.15, 0.2) is 75.9 Å². The predicted molar refractivity (Wildman–Crippen MR) is 102 cm³/mol. The molecule has 0 unspecified atom stereocenters. The monoisotopic (exact) mass is 378 g/mol. The Labute approximate surface area is 161 Å². The quantitative estimate of drug-likeness (QED) is 0.606. The van der Waals surface area contributed by atoms with Crippen LogP contribution in [0.2, 0.25) is 0 Å². The fraction of sp³-hybridized carbons (Fsp3) is 0.136. The van der Waals surface area contributed by atoms with Crippen LogP contribution >= 0.6 is 0 Å². The SMILES string of the molecule is CCOC(=O)c1oc(-c2ccccc2)cc(=O)c1C(=O)OCc1ccccc1. The second-order valence-electron chi connectivity index (χ2n) is 5.83. The number of esters is 2. The van der Waals surface area contributed by atoms with Gasteiger partial charge in [0, 0.05) is 11.6 Å². The van der Waals surface area contributed by atoms with Crippen molar-refractivity contribution in [3.63, 3.8) is 0 Å². The highest BCUT2D eigenvalue weighted by Gasteiger charge is 2.27. The third kappa shape index (κ3) is 4.35. The Hall–Kier alpha value is -3.67. The first-order valence-electron chi connectivity index (χ1n) is 8.72. The van der Waals surface area contributed by atoms with Gasteiger partial charge in [0.15, 0.2) is 5.56 Å². The molecule has 3 aromatic rings. The van der Waals surface area contributed by atoms with E-state index in [-0.39, 0.29) is 19.0 Å². The summed E-state index contributed by atoms with van der Waals surface area (Å²) in [4.78, 5) is 37.5. The van der Waals surface area contributed by atoms with Crippen molar-refractivity contribution in [2.24, 2.45) is 0 Å². The van der Waals surface area contributed by atoms with Crippen LogP contribution in [0.25, 0.3) is 11.3 Å². The van der Waals surface area contributed by atoms with E-state index < -0.39 is 28.7 Å². The van der Waals surface area contributed by atoms with E-state index in [9.17, 15) is 14.4 Å². The highest BCUT2D eigenvalue weighted by molar-refractivity contribution is 6.01. The first-order chi connectivity index (χ1) is 13.6. The van der Waals surface area contributed by atoms with E-state index in [0.29, 0.717) is 5.56 Å². The summed E-state index contributed by atoms with van der Waals surface area (Å²) in [7, 11) is 0. The predicted octanol–water partition coefficient (Wildman–Crippen LogP) is 3.84. The summed E-state index contributed by atoms with van der Waals surface area (Å²) in [6, 6.07) is 18.9. The minimum absolute atomic E-state index is 0.0399. The maximum absolute atomic E-state index is 12.6. The Bertz CT molecular complexity index is 1020. The molecule has 6 nitrogen and oxygen atoms in total. The lowest BCUT2D eigenvalue weighted by atomic mass is 10.1. The average molecular weight is 378 g/mol. The van der Waals surface area contributed by atoms with E-state index in [1.54, 1.807) is 55.5 Å². The molecule has 3 rings (SSSR count). The zero-order chi connectivity index (χ0) is 19.9. The van der Waals surface area contributed by atoms with Crippen molar-refractivity contribution in [2.45, 2.75) is 13.5 Å². The number of rotatable bonds is 6. The van der Waals surface area contributed by atoms with Crippen LogP contribution < -0.4 is 5.43 Å². The molecule has 0 aliphatic carbocycles. The van der Waals surface area contributed by atoms with Gasteiger partial charge in [-0.1, -0.05) is 60.7 Å². The summed E-state index contributed by atoms with van der Waals surface area (Å²) >= 11 is 0. The van der Waals surface area contributed by atoms with Crippen LogP contribution in [0.5, 0.6) is 0 Å². The summed E-state index contributed by atoms with van der Waals surface area (Å²) in [5.74, 6) is -2.15. The molecule has 0 aliphatic rings. The van der Waals surface area contributed by atoms with E-state index in [1.165, 1.54) is 0 Å². The molecule has 142 valence electrons. The van der Waals surface area contributed by atoms with Crippen LogP contribution in [0.4, 0.5) is 0 Å². The van der Waals surface area contributed by atoms with E-state index in [4.69, 9.17) is 13.9 Å². The zero-order valence-corrected chi connectivity index (χ0v) is 15.2. The normalized spacial score (nSPS) is 10.3. The van der Waals surface area contributed by atoms with Crippen molar-refractivity contribution in [1.29, 1.82) is 0 Å². The standard InChI is InChI=1S/C22H18O6/c1-2-26-22(25)20-19(21(24)27-14-15-9-5-3-6-10-15)17(23)13-18(28-20)16-11-7-4-8-12-16/h3-13H,2,14H2,1H3. The molecule has 0 amide bonds. The number of carbonyl (C=O) groups excluding carboxylic acids is 2. The maximum Gasteiger partial charge on any atom is 0.375 e. The van der Waals surface area contributed by atoms with Gasteiger partial charge >= 0.3 is 11.9 Å². The Kier molecular flexibility index (Phi) is 6.01. The van der Waals surface area contributed by atoms with E-state index in [1.807, 2.05) is 12.1 Å². The summed E-state index contributed by atoms with van der Waals surface area (Å²) < 4.78 is 15.7. The van der Waals surface area contributed by atoms with Gasteiger partial charge in [-0.05, 0) is 12.5 Å². The molecule has 28 heavy (non-hydrogen) atoms. The van der Waals surface area contributed by atoms with Gasteiger partial charge in [0.1, 0.15) is 12.4 Å². The van der Waals surface area contributed by atoms with Crippen LogP contribution in [0.3, 0.4) is 0 Å². The van der Waals surface area contributed by atoms with Gasteiger partial charge in [-0.2, -0.15) is 0 Å². The van der Waals surface area contributed by atoms with Crippen molar-refractivity contribution in [1.82, 2.24) is 0 Å². The molecule has 1 aromatic heterocycles. The fourth-order valence-electron chi connectivity index (χ4n) is 2.57. The number of hydrogen-bond acceptors (Lipinski definition) is 6. The number of carbonyl (C=O) groups is 2. The molecular formula is C22H18O6. The molecule has 0 spiro atoms. The summed E-state index contributed by atoms with van der Waals surface area (Å²) in [5.41, 5.74) is 0.188. The smallest absolute Gasteiger partial charge is 0.375 e. The van der Waals surface area contributed by atoms with Crippen molar-refractivity contribution in [3.8, 4) is 11.3 Å². The first kappa shape index (κ1) is 19.1.